The predicted molar refractivity (Wildman–Crippen MR) is 116 cm³/mol. The monoisotopic (exact) mass is 462 g/mol. The Morgan fingerprint density at radius 1 is 0.969 bits per heavy atom. The van der Waals surface area contributed by atoms with Crippen LogP contribution in [0.5, 0.6) is 0 Å². The number of carbonyl (C=O) groups excluding carboxylic acids is 3. The van der Waals surface area contributed by atoms with E-state index in [0.29, 0.717) is 13.0 Å². The van der Waals surface area contributed by atoms with Gasteiger partial charge in [0.25, 0.3) is 0 Å². The highest BCUT2D eigenvalue weighted by atomic mass is 16.6. The Morgan fingerprint density at radius 2 is 1.59 bits per heavy atom. The molecule has 0 aromatic carbocycles. The second kappa shape index (κ2) is 18.3. The molecule has 0 amide bonds. The first kappa shape index (κ1) is 31.9. The molecule has 0 bridgehead atoms. The van der Waals surface area contributed by atoms with Crippen molar-refractivity contribution in [1.82, 2.24) is 0 Å². The second-order valence-electron chi connectivity index (χ2n) is 7.75. The third kappa shape index (κ3) is 24.0. The summed E-state index contributed by atoms with van der Waals surface area (Å²) in [4.78, 5) is 31.8. The maximum atomic E-state index is 10.8. The first-order valence-electron chi connectivity index (χ1n) is 10.3. The van der Waals surface area contributed by atoms with Gasteiger partial charge in [-0.2, -0.15) is 0 Å². The van der Waals surface area contributed by atoms with Crippen LogP contribution < -0.4 is 0 Å². The van der Waals surface area contributed by atoms with Gasteiger partial charge < -0.3 is 34.6 Å². The van der Waals surface area contributed by atoms with Crippen molar-refractivity contribution < 1.29 is 49.0 Å². The molecule has 10 nitrogen and oxygen atoms in total. The smallest absolute Gasteiger partial charge is 0.332 e. The van der Waals surface area contributed by atoms with Gasteiger partial charge in [0.05, 0.1) is 18.8 Å². The standard InChI is InChI=1S/C10H16O6.C6H10O2.C6H12O2/c1-10(2,16-9(14)7-12)4-3-5-15-8(13)6-11;7-6-4-2-1-3-5-8-6;1-6(2,8)4-3-5-7/h3-4,11-12H,5-7H2,1-2H3;1-5H2;3-4,7-8H,5H2,1-2H3. The molecule has 0 radical (unpaired) electrons. The Bertz CT molecular complexity index is 578. The molecule has 0 aromatic heterocycles. The number of carbonyl (C=O) groups is 3. The molecule has 1 rings (SSSR count). The first-order valence-corrected chi connectivity index (χ1v) is 10.3. The van der Waals surface area contributed by atoms with Crippen LogP contribution in [0.4, 0.5) is 0 Å². The molecule has 0 spiro atoms. The number of hydrogen-bond donors (Lipinski definition) is 4. The molecule has 0 atom stereocenters. The van der Waals surface area contributed by atoms with Gasteiger partial charge in [0.1, 0.15) is 25.4 Å². The maximum absolute atomic E-state index is 10.8. The summed E-state index contributed by atoms with van der Waals surface area (Å²) in [5.74, 6) is -1.49. The molecule has 10 heteroatoms. The molecule has 186 valence electrons. The minimum absolute atomic E-state index is 0.00993. The summed E-state index contributed by atoms with van der Waals surface area (Å²) in [5, 5.41) is 34.0. The normalized spacial score (nSPS) is 14.4. The molecule has 1 fully saturated rings. The van der Waals surface area contributed by atoms with Gasteiger partial charge in [0, 0.05) is 6.42 Å². The lowest BCUT2D eigenvalue weighted by molar-refractivity contribution is -0.156. The third-order valence-electron chi connectivity index (χ3n) is 3.41. The van der Waals surface area contributed by atoms with Gasteiger partial charge in [-0.05, 0) is 59.1 Å². The van der Waals surface area contributed by atoms with Crippen LogP contribution in [0, 0.1) is 0 Å². The number of ether oxygens (including phenoxy) is 3. The first-order chi connectivity index (χ1) is 14.9. The Kier molecular flexibility index (Phi) is 18.3. The SMILES string of the molecule is CC(C)(C=CCOC(=O)CO)OC(=O)CO.CC(C)(O)C=CCO.O=C1CCCCCO1. The molecule has 0 unspecified atom stereocenters. The maximum Gasteiger partial charge on any atom is 0.332 e. The number of aliphatic hydroxyl groups excluding tert-OH is 3. The molecule has 0 aliphatic carbocycles. The van der Waals surface area contributed by atoms with E-state index in [-0.39, 0.29) is 19.2 Å². The molecule has 1 heterocycles. The summed E-state index contributed by atoms with van der Waals surface area (Å²) in [7, 11) is 0. The zero-order chi connectivity index (χ0) is 25.0. The largest absolute Gasteiger partial charge is 0.466 e. The molecule has 0 saturated carbocycles. The van der Waals surface area contributed by atoms with Crippen LogP contribution in [0.1, 0.15) is 53.4 Å². The lowest BCUT2D eigenvalue weighted by Crippen LogP contribution is -2.27. The molecule has 0 aromatic rings. The second-order valence-corrected chi connectivity index (χ2v) is 7.75. The fourth-order valence-electron chi connectivity index (χ4n) is 2.03. The van der Waals surface area contributed by atoms with E-state index < -0.39 is 36.4 Å². The molecule has 1 saturated heterocycles. The van der Waals surface area contributed by atoms with Gasteiger partial charge in [-0.1, -0.05) is 12.2 Å². The Morgan fingerprint density at radius 3 is 2.09 bits per heavy atom. The van der Waals surface area contributed by atoms with Crippen molar-refractivity contribution in [2.24, 2.45) is 0 Å². The van der Waals surface area contributed by atoms with Crippen molar-refractivity contribution in [3.8, 4) is 0 Å². The van der Waals surface area contributed by atoms with Crippen molar-refractivity contribution in [3.63, 3.8) is 0 Å². The van der Waals surface area contributed by atoms with Crippen LogP contribution in [-0.2, 0) is 28.6 Å². The number of cyclic esters (lactones) is 1. The molecule has 1 aliphatic heterocycles. The zero-order valence-electron chi connectivity index (χ0n) is 19.4. The minimum Gasteiger partial charge on any atom is -0.466 e. The van der Waals surface area contributed by atoms with Gasteiger partial charge in [0.15, 0.2) is 0 Å². The Labute approximate surface area is 189 Å². The van der Waals surface area contributed by atoms with Crippen LogP contribution in [0.3, 0.4) is 0 Å². The Balaban J connectivity index is 0. The van der Waals surface area contributed by atoms with E-state index in [1.54, 1.807) is 33.8 Å². The lowest BCUT2D eigenvalue weighted by Gasteiger charge is -2.20. The van der Waals surface area contributed by atoms with Crippen LogP contribution in [0.25, 0.3) is 0 Å². The third-order valence-corrected chi connectivity index (χ3v) is 3.41. The zero-order valence-corrected chi connectivity index (χ0v) is 19.4. The lowest BCUT2D eigenvalue weighted by atomic mass is 10.1. The average molecular weight is 463 g/mol. The van der Waals surface area contributed by atoms with E-state index >= 15 is 0 Å². The molecule has 1 aliphatic rings. The van der Waals surface area contributed by atoms with Crippen molar-refractivity contribution in [2.75, 3.05) is 33.0 Å². The highest BCUT2D eigenvalue weighted by molar-refractivity contribution is 5.71. The summed E-state index contributed by atoms with van der Waals surface area (Å²) in [5.41, 5.74) is -1.67. The van der Waals surface area contributed by atoms with Crippen molar-refractivity contribution in [1.29, 1.82) is 0 Å². The summed E-state index contributed by atoms with van der Waals surface area (Å²) in [6, 6.07) is 0. The van der Waals surface area contributed by atoms with Crippen LogP contribution >= 0.6 is 0 Å². The fourth-order valence-corrected chi connectivity index (χ4v) is 2.03. The van der Waals surface area contributed by atoms with Crippen molar-refractivity contribution in [3.05, 3.63) is 24.3 Å². The Hall–Kier alpha value is -2.27. The predicted octanol–water partition coefficient (Wildman–Crippen LogP) is 0.802. The summed E-state index contributed by atoms with van der Waals surface area (Å²) < 4.78 is 14.2. The van der Waals surface area contributed by atoms with Crippen LogP contribution in [0.15, 0.2) is 24.3 Å². The highest BCUT2D eigenvalue weighted by Gasteiger charge is 2.18. The van der Waals surface area contributed by atoms with Crippen molar-refractivity contribution in [2.45, 2.75) is 64.6 Å². The molecule has 32 heavy (non-hydrogen) atoms. The molecular formula is C22H38O10. The minimum atomic E-state index is -0.883. The van der Waals surface area contributed by atoms with Crippen molar-refractivity contribution >= 4 is 17.9 Å². The highest BCUT2D eigenvalue weighted by Crippen LogP contribution is 2.11. The van der Waals surface area contributed by atoms with Gasteiger partial charge in [-0.3, -0.25) is 4.79 Å². The van der Waals surface area contributed by atoms with E-state index in [2.05, 4.69) is 4.74 Å². The van der Waals surface area contributed by atoms with E-state index in [1.807, 2.05) is 0 Å². The number of hydrogen-bond acceptors (Lipinski definition) is 10. The average Bonchev–Trinajstić information content (AvgIpc) is 2.97. The number of rotatable bonds is 8. The van der Waals surface area contributed by atoms with Crippen LogP contribution in [-0.4, -0.2) is 82.6 Å². The summed E-state index contributed by atoms with van der Waals surface area (Å²) in [6.07, 6.45) is 9.90. The van der Waals surface area contributed by atoms with Gasteiger partial charge >= 0.3 is 17.9 Å². The van der Waals surface area contributed by atoms with Crippen LogP contribution in [0.2, 0.25) is 0 Å². The summed E-state index contributed by atoms with van der Waals surface area (Å²) in [6.45, 7) is 5.80. The fraction of sp³-hybridized carbons (Fsp3) is 0.682. The van der Waals surface area contributed by atoms with E-state index in [0.717, 1.165) is 19.3 Å². The van der Waals surface area contributed by atoms with Gasteiger partial charge in [0.2, 0.25) is 0 Å². The van der Waals surface area contributed by atoms with E-state index in [1.165, 1.54) is 18.2 Å². The topological polar surface area (TPSA) is 160 Å². The summed E-state index contributed by atoms with van der Waals surface area (Å²) >= 11 is 0. The molecule has 4 N–H and O–H groups in total. The van der Waals surface area contributed by atoms with Gasteiger partial charge in [-0.15, -0.1) is 0 Å². The number of aliphatic hydroxyl groups is 4. The van der Waals surface area contributed by atoms with Gasteiger partial charge in [-0.25, -0.2) is 9.59 Å². The number of esters is 3. The molecular weight excluding hydrogens is 424 g/mol. The van der Waals surface area contributed by atoms with E-state index in [4.69, 9.17) is 29.9 Å². The van der Waals surface area contributed by atoms with E-state index in [9.17, 15) is 14.4 Å². The quantitative estimate of drug-likeness (QED) is 0.231.